The van der Waals surface area contributed by atoms with Gasteiger partial charge in [-0.1, -0.05) is 42.1 Å². The van der Waals surface area contributed by atoms with Gasteiger partial charge in [0.15, 0.2) is 0 Å². The minimum atomic E-state index is -1.12. The molecular weight excluding hydrogens is 326 g/mol. The molecule has 0 saturated heterocycles. The minimum absolute atomic E-state index is 0.0327. The average molecular weight is 345 g/mol. The quantitative estimate of drug-likeness (QED) is 0.802. The Hall–Kier alpha value is -2.31. The molecule has 24 heavy (non-hydrogen) atoms. The third kappa shape index (κ3) is 4.84. The molecule has 0 aliphatic carbocycles. The van der Waals surface area contributed by atoms with Crippen molar-refractivity contribution in [3.05, 3.63) is 65.2 Å². The van der Waals surface area contributed by atoms with E-state index < -0.39 is 12.0 Å². The number of carboxylic acid groups (broad SMARTS) is 1. The standard InChI is InChI=1S/C18H19NO4S/c1-23-14-7-8-15(18(22)24-11-16(19)17(20)21)13(10-14)9-12-5-3-2-4-6-12/h2-8,10,16H,9,11,19H2,1H3,(H,20,21). The highest BCUT2D eigenvalue weighted by Crippen LogP contribution is 2.24. The third-order valence-electron chi connectivity index (χ3n) is 3.48. The maximum atomic E-state index is 12.5. The predicted octanol–water partition coefficient (Wildman–Crippen LogP) is 2.57. The Kier molecular flexibility index (Phi) is 6.40. The van der Waals surface area contributed by atoms with Crippen LogP contribution in [0.3, 0.4) is 0 Å². The van der Waals surface area contributed by atoms with Crippen LogP contribution in [0.1, 0.15) is 21.5 Å². The van der Waals surface area contributed by atoms with Crippen LogP contribution in [0.5, 0.6) is 5.75 Å². The Balaban J connectivity index is 2.21. The highest BCUT2D eigenvalue weighted by molar-refractivity contribution is 8.14. The second-order valence-corrected chi connectivity index (χ2v) is 6.22. The maximum absolute atomic E-state index is 12.5. The molecule has 0 bridgehead atoms. The number of methoxy groups -OCH3 is 1. The zero-order valence-electron chi connectivity index (χ0n) is 13.3. The van der Waals surface area contributed by atoms with Gasteiger partial charge in [-0.25, -0.2) is 0 Å². The van der Waals surface area contributed by atoms with E-state index in [1.54, 1.807) is 19.2 Å². The first kappa shape index (κ1) is 18.0. The summed E-state index contributed by atoms with van der Waals surface area (Å²) in [6.45, 7) is 0. The number of hydrogen-bond donors (Lipinski definition) is 2. The fraction of sp³-hybridized carbons (Fsp3) is 0.222. The Bertz CT molecular complexity index is 718. The molecular formula is C18H19NO4S. The molecule has 0 aliphatic rings. The van der Waals surface area contributed by atoms with Crippen molar-refractivity contribution in [2.45, 2.75) is 12.5 Å². The van der Waals surface area contributed by atoms with Gasteiger partial charge in [0.2, 0.25) is 5.12 Å². The number of thioether (sulfide) groups is 1. The average Bonchev–Trinajstić information content (AvgIpc) is 2.60. The van der Waals surface area contributed by atoms with E-state index >= 15 is 0 Å². The van der Waals surface area contributed by atoms with Crippen molar-refractivity contribution in [1.82, 2.24) is 0 Å². The first-order valence-corrected chi connectivity index (χ1v) is 8.36. The summed E-state index contributed by atoms with van der Waals surface area (Å²) >= 11 is 0.919. The zero-order chi connectivity index (χ0) is 17.5. The minimum Gasteiger partial charge on any atom is -0.497 e. The summed E-state index contributed by atoms with van der Waals surface area (Å²) in [5.74, 6) is -0.412. The first-order chi connectivity index (χ1) is 11.5. The molecule has 6 heteroatoms. The fourth-order valence-corrected chi connectivity index (χ4v) is 3.00. The molecule has 2 aromatic carbocycles. The van der Waals surface area contributed by atoms with E-state index in [4.69, 9.17) is 15.6 Å². The van der Waals surface area contributed by atoms with Crippen molar-refractivity contribution in [2.24, 2.45) is 5.73 Å². The molecule has 0 aromatic heterocycles. The van der Waals surface area contributed by atoms with Gasteiger partial charge in [0.1, 0.15) is 11.8 Å². The molecule has 1 unspecified atom stereocenters. The number of ether oxygens (including phenoxy) is 1. The van der Waals surface area contributed by atoms with Crippen molar-refractivity contribution in [1.29, 1.82) is 0 Å². The summed E-state index contributed by atoms with van der Waals surface area (Å²) in [4.78, 5) is 23.2. The van der Waals surface area contributed by atoms with Gasteiger partial charge in [-0.2, -0.15) is 0 Å². The van der Waals surface area contributed by atoms with Gasteiger partial charge in [-0.15, -0.1) is 0 Å². The van der Waals surface area contributed by atoms with Crippen LogP contribution in [0.15, 0.2) is 48.5 Å². The second-order valence-electron chi connectivity index (χ2n) is 5.23. The lowest BCUT2D eigenvalue weighted by Gasteiger charge is -2.12. The van der Waals surface area contributed by atoms with Gasteiger partial charge in [-0.3, -0.25) is 9.59 Å². The van der Waals surface area contributed by atoms with Crippen molar-refractivity contribution in [3.63, 3.8) is 0 Å². The molecule has 0 spiro atoms. The van der Waals surface area contributed by atoms with E-state index in [0.29, 0.717) is 17.7 Å². The summed E-state index contributed by atoms with van der Waals surface area (Å²) in [6, 6.07) is 14.0. The first-order valence-electron chi connectivity index (χ1n) is 7.37. The normalized spacial score (nSPS) is 11.8. The molecule has 3 N–H and O–H groups in total. The number of hydrogen-bond acceptors (Lipinski definition) is 5. The predicted molar refractivity (Wildman–Crippen MR) is 94.6 cm³/mol. The maximum Gasteiger partial charge on any atom is 0.321 e. The van der Waals surface area contributed by atoms with Gasteiger partial charge in [-0.05, 0) is 35.7 Å². The van der Waals surface area contributed by atoms with Crippen LogP contribution in [0.4, 0.5) is 0 Å². The van der Waals surface area contributed by atoms with E-state index in [1.165, 1.54) is 0 Å². The van der Waals surface area contributed by atoms with Crippen LogP contribution in [0.25, 0.3) is 0 Å². The SMILES string of the molecule is COc1ccc(C(=O)SCC(N)C(=O)O)c(Cc2ccccc2)c1. The molecule has 0 heterocycles. The van der Waals surface area contributed by atoms with E-state index in [-0.39, 0.29) is 10.9 Å². The molecule has 5 nitrogen and oxygen atoms in total. The molecule has 2 aromatic rings. The smallest absolute Gasteiger partial charge is 0.321 e. The van der Waals surface area contributed by atoms with Gasteiger partial charge < -0.3 is 15.6 Å². The van der Waals surface area contributed by atoms with Gasteiger partial charge in [0, 0.05) is 11.3 Å². The molecule has 0 saturated carbocycles. The van der Waals surface area contributed by atoms with Crippen LogP contribution < -0.4 is 10.5 Å². The lowest BCUT2D eigenvalue weighted by Crippen LogP contribution is -2.32. The van der Waals surface area contributed by atoms with Gasteiger partial charge >= 0.3 is 5.97 Å². The fourth-order valence-electron chi connectivity index (χ4n) is 2.17. The largest absolute Gasteiger partial charge is 0.497 e. The van der Waals surface area contributed by atoms with E-state index in [0.717, 1.165) is 22.9 Å². The van der Waals surface area contributed by atoms with Crippen LogP contribution in [-0.4, -0.2) is 35.1 Å². The number of carbonyl (C=O) groups excluding carboxylic acids is 1. The molecule has 0 amide bonds. The number of rotatable bonds is 7. The van der Waals surface area contributed by atoms with Crippen LogP contribution in [0, 0.1) is 0 Å². The number of nitrogens with two attached hydrogens (primary N) is 1. The number of carboxylic acids is 1. The summed E-state index contributed by atoms with van der Waals surface area (Å²) in [5, 5.41) is 8.62. The third-order valence-corrected chi connectivity index (χ3v) is 4.49. The Morgan fingerprint density at radius 1 is 1.21 bits per heavy atom. The second kappa shape index (κ2) is 8.52. The summed E-state index contributed by atoms with van der Waals surface area (Å²) in [7, 11) is 1.57. The van der Waals surface area contributed by atoms with Crippen molar-refractivity contribution >= 4 is 22.8 Å². The van der Waals surface area contributed by atoms with Crippen LogP contribution >= 0.6 is 11.8 Å². The Morgan fingerprint density at radius 2 is 1.92 bits per heavy atom. The monoisotopic (exact) mass is 345 g/mol. The van der Waals surface area contributed by atoms with Crippen molar-refractivity contribution < 1.29 is 19.4 Å². The number of carbonyl (C=O) groups is 2. The topological polar surface area (TPSA) is 89.6 Å². The highest BCUT2D eigenvalue weighted by Gasteiger charge is 2.18. The van der Waals surface area contributed by atoms with Gasteiger partial charge in [0.05, 0.1) is 7.11 Å². The zero-order valence-corrected chi connectivity index (χ0v) is 14.1. The number of aliphatic carboxylic acids is 1. The highest BCUT2D eigenvalue weighted by atomic mass is 32.2. The summed E-state index contributed by atoms with van der Waals surface area (Å²) in [5.41, 5.74) is 7.91. The molecule has 1 atom stereocenters. The molecule has 0 aliphatic heterocycles. The Morgan fingerprint density at radius 3 is 2.54 bits per heavy atom. The molecule has 126 valence electrons. The van der Waals surface area contributed by atoms with E-state index in [9.17, 15) is 9.59 Å². The molecule has 2 rings (SSSR count). The van der Waals surface area contributed by atoms with E-state index in [2.05, 4.69) is 0 Å². The van der Waals surface area contributed by atoms with Crippen LogP contribution in [0.2, 0.25) is 0 Å². The summed E-state index contributed by atoms with van der Waals surface area (Å²) in [6.07, 6.45) is 0.588. The van der Waals surface area contributed by atoms with Crippen molar-refractivity contribution in [3.8, 4) is 5.75 Å². The van der Waals surface area contributed by atoms with E-state index in [1.807, 2.05) is 36.4 Å². The number of benzene rings is 2. The summed E-state index contributed by atoms with van der Waals surface area (Å²) < 4.78 is 5.24. The van der Waals surface area contributed by atoms with Gasteiger partial charge in [0.25, 0.3) is 0 Å². The molecule has 0 fully saturated rings. The Labute approximate surface area is 144 Å². The lowest BCUT2D eigenvalue weighted by atomic mass is 10.00. The van der Waals surface area contributed by atoms with Crippen LogP contribution in [-0.2, 0) is 11.2 Å². The van der Waals surface area contributed by atoms with Crippen molar-refractivity contribution in [2.75, 3.05) is 12.9 Å². The lowest BCUT2D eigenvalue weighted by molar-refractivity contribution is -0.137. The molecule has 0 radical (unpaired) electrons.